The van der Waals surface area contributed by atoms with Crippen molar-refractivity contribution in [2.24, 2.45) is 0 Å². The number of aryl methyl sites for hydroxylation is 1. The second kappa shape index (κ2) is 7.52. The van der Waals surface area contributed by atoms with Crippen LogP contribution in [0.2, 0.25) is 0 Å². The quantitative estimate of drug-likeness (QED) is 0.776. The molecule has 2 rings (SSSR count). The minimum atomic E-state index is 0.416. The number of rotatable bonds is 7. The Labute approximate surface area is 130 Å². The van der Waals surface area contributed by atoms with Crippen molar-refractivity contribution in [2.75, 3.05) is 6.54 Å². The molecule has 0 atom stereocenters. The topological polar surface area (TPSA) is 47.0 Å². The maximum atomic E-state index is 5.96. The molecule has 2 aromatic rings. The summed E-state index contributed by atoms with van der Waals surface area (Å²) in [6, 6.07) is 6.30. The van der Waals surface area contributed by atoms with Crippen molar-refractivity contribution in [3.05, 3.63) is 34.3 Å². The third-order valence-corrected chi connectivity index (χ3v) is 3.94. The summed E-state index contributed by atoms with van der Waals surface area (Å²) in [5.74, 6) is 1.30. The molecule has 0 saturated carbocycles. The number of ether oxygens (including phenoxy) is 1. The van der Waals surface area contributed by atoms with Crippen molar-refractivity contribution in [3.8, 4) is 10.9 Å². The Morgan fingerprint density at radius 3 is 2.81 bits per heavy atom. The number of hydrogen-bond acceptors (Lipinski definition) is 5. The van der Waals surface area contributed by atoms with E-state index in [1.807, 2.05) is 0 Å². The summed E-state index contributed by atoms with van der Waals surface area (Å²) in [6.07, 6.45) is 1.11. The van der Waals surface area contributed by atoms with Crippen molar-refractivity contribution >= 4 is 11.3 Å². The average molecular weight is 305 g/mol. The van der Waals surface area contributed by atoms with Gasteiger partial charge in [-0.3, -0.25) is 0 Å². The molecule has 0 spiro atoms. The van der Waals surface area contributed by atoms with Gasteiger partial charge < -0.3 is 10.1 Å². The van der Waals surface area contributed by atoms with Gasteiger partial charge in [0.2, 0.25) is 0 Å². The van der Waals surface area contributed by atoms with Gasteiger partial charge in [0.15, 0.2) is 0 Å². The fraction of sp³-hybridized carbons (Fsp3) is 0.500. The number of nitrogens with zero attached hydrogens (tertiary/aromatic N) is 2. The molecule has 0 saturated heterocycles. The Bertz CT molecular complexity index is 581. The van der Waals surface area contributed by atoms with Crippen LogP contribution < -0.4 is 10.1 Å². The summed E-state index contributed by atoms with van der Waals surface area (Å²) < 4.78 is 5.96. The van der Waals surface area contributed by atoms with E-state index in [1.54, 1.807) is 0 Å². The highest BCUT2D eigenvalue weighted by atomic mass is 32.1. The van der Waals surface area contributed by atoms with Crippen LogP contribution in [0.5, 0.6) is 10.9 Å². The van der Waals surface area contributed by atoms with Gasteiger partial charge in [-0.1, -0.05) is 49.3 Å². The first-order valence-corrected chi connectivity index (χ1v) is 8.23. The lowest BCUT2D eigenvalue weighted by atomic mass is 10.0. The molecule has 0 aliphatic heterocycles. The van der Waals surface area contributed by atoms with Crippen LogP contribution in [0.15, 0.2) is 18.2 Å². The van der Waals surface area contributed by atoms with Gasteiger partial charge in [-0.25, -0.2) is 0 Å². The van der Waals surface area contributed by atoms with E-state index < -0.39 is 0 Å². The van der Waals surface area contributed by atoms with E-state index in [1.165, 1.54) is 22.5 Å². The Balaban J connectivity index is 2.09. The Kier molecular flexibility index (Phi) is 5.70. The second-order valence-corrected chi connectivity index (χ2v) is 6.46. The molecule has 114 valence electrons. The second-order valence-electron chi connectivity index (χ2n) is 5.44. The predicted octanol–water partition coefficient (Wildman–Crippen LogP) is 4.26. The van der Waals surface area contributed by atoms with Gasteiger partial charge in [-0.15, -0.1) is 5.10 Å². The SMILES string of the molecule is CCCNCc1nnc(Oc2cc(C)ccc2C(C)C)s1. The predicted molar refractivity (Wildman–Crippen MR) is 87.2 cm³/mol. The fourth-order valence-electron chi connectivity index (χ4n) is 2.02. The zero-order valence-electron chi connectivity index (χ0n) is 13.1. The smallest absolute Gasteiger partial charge is 0.299 e. The van der Waals surface area contributed by atoms with E-state index in [0.29, 0.717) is 11.1 Å². The van der Waals surface area contributed by atoms with Crippen LogP contribution in [0, 0.1) is 6.92 Å². The van der Waals surface area contributed by atoms with Gasteiger partial charge in [0.05, 0.1) is 0 Å². The number of aromatic nitrogens is 2. The molecular formula is C16H23N3OS. The van der Waals surface area contributed by atoms with Gasteiger partial charge in [0, 0.05) is 6.54 Å². The van der Waals surface area contributed by atoms with Crippen LogP contribution in [0.25, 0.3) is 0 Å². The van der Waals surface area contributed by atoms with E-state index in [0.717, 1.165) is 30.3 Å². The Morgan fingerprint density at radius 2 is 2.10 bits per heavy atom. The highest BCUT2D eigenvalue weighted by molar-refractivity contribution is 7.13. The first kappa shape index (κ1) is 15.9. The molecule has 4 nitrogen and oxygen atoms in total. The minimum absolute atomic E-state index is 0.416. The summed E-state index contributed by atoms with van der Waals surface area (Å²) in [5.41, 5.74) is 2.38. The molecule has 0 unspecified atom stereocenters. The molecule has 1 N–H and O–H groups in total. The Morgan fingerprint density at radius 1 is 1.29 bits per heavy atom. The average Bonchev–Trinajstić information content (AvgIpc) is 2.86. The fourth-order valence-corrected chi connectivity index (χ4v) is 2.69. The van der Waals surface area contributed by atoms with E-state index in [2.05, 4.69) is 61.4 Å². The van der Waals surface area contributed by atoms with Crippen LogP contribution in [0.4, 0.5) is 0 Å². The van der Waals surface area contributed by atoms with E-state index in [4.69, 9.17) is 4.74 Å². The zero-order chi connectivity index (χ0) is 15.2. The summed E-state index contributed by atoms with van der Waals surface area (Å²) in [4.78, 5) is 0. The van der Waals surface area contributed by atoms with Crippen molar-refractivity contribution in [3.63, 3.8) is 0 Å². The lowest BCUT2D eigenvalue weighted by Crippen LogP contribution is -2.13. The monoisotopic (exact) mass is 305 g/mol. The molecule has 0 bridgehead atoms. The van der Waals surface area contributed by atoms with Crippen LogP contribution in [0.1, 0.15) is 49.2 Å². The highest BCUT2D eigenvalue weighted by Gasteiger charge is 2.12. The summed E-state index contributed by atoms with van der Waals surface area (Å²) in [6.45, 7) is 10.3. The van der Waals surface area contributed by atoms with Gasteiger partial charge in [0.25, 0.3) is 5.19 Å². The number of benzene rings is 1. The van der Waals surface area contributed by atoms with Crippen LogP contribution in [0.3, 0.4) is 0 Å². The lowest BCUT2D eigenvalue weighted by Gasteiger charge is -2.12. The maximum absolute atomic E-state index is 5.96. The highest BCUT2D eigenvalue weighted by Crippen LogP contribution is 2.32. The molecule has 0 fully saturated rings. The van der Waals surface area contributed by atoms with E-state index in [9.17, 15) is 0 Å². The third kappa shape index (κ3) is 4.51. The van der Waals surface area contributed by atoms with Gasteiger partial charge in [-0.2, -0.15) is 0 Å². The summed E-state index contributed by atoms with van der Waals surface area (Å²) in [7, 11) is 0. The molecular weight excluding hydrogens is 282 g/mol. The summed E-state index contributed by atoms with van der Waals surface area (Å²) >= 11 is 1.50. The molecule has 1 aromatic heterocycles. The van der Waals surface area contributed by atoms with Gasteiger partial charge in [0.1, 0.15) is 10.8 Å². The minimum Gasteiger partial charge on any atom is -0.429 e. The number of nitrogens with one attached hydrogen (secondary N) is 1. The van der Waals surface area contributed by atoms with Crippen molar-refractivity contribution in [1.29, 1.82) is 0 Å². The number of hydrogen-bond donors (Lipinski definition) is 1. The molecule has 21 heavy (non-hydrogen) atoms. The van der Waals surface area contributed by atoms with E-state index in [-0.39, 0.29) is 0 Å². The maximum Gasteiger partial charge on any atom is 0.299 e. The molecule has 1 aromatic carbocycles. The van der Waals surface area contributed by atoms with Crippen molar-refractivity contribution in [2.45, 2.75) is 46.6 Å². The van der Waals surface area contributed by atoms with Crippen LogP contribution in [-0.2, 0) is 6.54 Å². The van der Waals surface area contributed by atoms with Gasteiger partial charge in [-0.05, 0) is 43.0 Å². The van der Waals surface area contributed by atoms with E-state index >= 15 is 0 Å². The molecule has 0 aliphatic rings. The Hall–Kier alpha value is -1.46. The molecule has 0 aliphatic carbocycles. The van der Waals surface area contributed by atoms with Gasteiger partial charge >= 0.3 is 0 Å². The molecule has 5 heteroatoms. The normalized spacial score (nSPS) is 11.1. The largest absolute Gasteiger partial charge is 0.429 e. The lowest BCUT2D eigenvalue weighted by molar-refractivity contribution is 0.463. The molecule has 0 radical (unpaired) electrons. The zero-order valence-corrected chi connectivity index (χ0v) is 14.0. The van der Waals surface area contributed by atoms with Crippen LogP contribution >= 0.6 is 11.3 Å². The van der Waals surface area contributed by atoms with Crippen molar-refractivity contribution < 1.29 is 4.74 Å². The first-order valence-electron chi connectivity index (χ1n) is 7.41. The standard InChI is InChI=1S/C16H23N3OS/c1-5-8-17-10-15-18-19-16(21-15)20-14-9-12(4)6-7-13(14)11(2)3/h6-7,9,11,17H,5,8,10H2,1-4H3. The van der Waals surface area contributed by atoms with Crippen molar-refractivity contribution in [1.82, 2.24) is 15.5 Å². The molecule has 0 amide bonds. The van der Waals surface area contributed by atoms with Crippen LogP contribution in [-0.4, -0.2) is 16.7 Å². The third-order valence-electron chi connectivity index (χ3n) is 3.14. The first-order chi connectivity index (χ1) is 10.1. The summed E-state index contributed by atoms with van der Waals surface area (Å²) in [5, 5.41) is 13.2. The molecule has 1 heterocycles.